The van der Waals surface area contributed by atoms with Crippen molar-refractivity contribution in [3.05, 3.63) is 60.3 Å². The molecule has 192 valence electrons. The molecule has 1 N–H and O–H groups in total. The number of H-pyrrole nitrogens is 1. The van der Waals surface area contributed by atoms with Gasteiger partial charge in [-0.05, 0) is 25.0 Å². The van der Waals surface area contributed by atoms with Crippen molar-refractivity contribution >= 4 is 16.9 Å². The number of amides is 1. The second-order valence-electron chi connectivity index (χ2n) is 9.32. The number of likely N-dealkylation sites (tertiary alicyclic amines) is 2. The van der Waals surface area contributed by atoms with Gasteiger partial charge in [0, 0.05) is 61.8 Å². The maximum atomic E-state index is 14.4. The molecule has 0 unspecified atom stereocenters. The highest BCUT2D eigenvalue weighted by Crippen LogP contribution is 2.33. The van der Waals surface area contributed by atoms with Crippen molar-refractivity contribution in [2.24, 2.45) is 0 Å². The molecule has 0 radical (unpaired) electrons. The van der Waals surface area contributed by atoms with Crippen molar-refractivity contribution in [2.75, 3.05) is 26.2 Å². The number of carbonyl (C=O) groups is 1. The quantitative estimate of drug-likeness (QED) is 0.419. The summed E-state index contributed by atoms with van der Waals surface area (Å²) in [5.74, 6) is -2.36. The average molecular weight is 514 g/mol. The molecule has 0 saturated carbocycles. The van der Waals surface area contributed by atoms with Crippen LogP contribution >= 0.6 is 0 Å². The van der Waals surface area contributed by atoms with Crippen LogP contribution < -0.4 is 0 Å². The lowest BCUT2D eigenvalue weighted by Gasteiger charge is -2.47. The van der Waals surface area contributed by atoms with E-state index in [2.05, 4.69) is 29.9 Å². The summed E-state index contributed by atoms with van der Waals surface area (Å²) in [6, 6.07) is 3.39. The van der Waals surface area contributed by atoms with Crippen LogP contribution in [0.15, 0.2) is 43.2 Å². The van der Waals surface area contributed by atoms with Crippen LogP contribution in [0.25, 0.3) is 22.3 Å². The van der Waals surface area contributed by atoms with E-state index in [4.69, 9.17) is 0 Å². The molecule has 6 rings (SSSR count). The highest BCUT2D eigenvalue weighted by atomic mass is 19.4. The van der Waals surface area contributed by atoms with E-state index in [9.17, 15) is 22.4 Å². The summed E-state index contributed by atoms with van der Waals surface area (Å²) in [4.78, 5) is 31.2. The maximum absolute atomic E-state index is 14.4. The Morgan fingerprint density at radius 3 is 2.59 bits per heavy atom. The minimum Gasteiger partial charge on any atom is -0.346 e. The van der Waals surface area contributed by atoms with E-state index in [-0.39, 0.29) is 12.1 Å². The maximum Gasteiger partial charge on any atom is 0.436 e. The second kappa shape index (κ2) is 8.91. The highest BCUT2D eigenvalue weighted by molar-refractivity contribution is 5.94. The molecule has 2 saturated heterocycles. The molecular weight excluding hydrogens is 492 g/mol. The number of carbonyl (C=O) groups excluding carboxylic acids is 1. The average Bonchev–Trinajstić information content (AvgIpc) is 3.52. The monoisotopic (exact) mass is 514 g/mol. The van der Waals surface area contributed by atoms with Gasteiger partial charge in [-0.25, -0.2) is 19.3 Å². The smallest absolute Gasteiger partial charge is 0.346 e. The topological polar surface area (TPSA) is 95.8 Å². The number of alkyl halides is 3. The molecule has 6 heterocycles. The van der Waals surface area contributed by atoms with E-state index in [1.807, 2.05) is 23.1 Å². The number of nitrogens with zero attached hydrogens (tertiary/aromatic N) is 7. The van der Waals surface area contributed by atoms with E-state index in [0.29, 0.717) is 25.9 Å². The minimum atomic E-state index is -4.96. The molecule has 0 spiro atoms. The summed E-state index contributed by atoms with van der Waals surface area (Å²) in [6.45, 7) is 2.30. The van der Waals surface area contributed by atoms with Gasteiger partial charge in [0.15, 0.2) is 11.5 Å². The molecule has 0 aliphatic carbocycles. The third-order valence-electron chi connectivity index (χ3n) is 7.15. The van der Waals surface area contributed by atoms with Gasteiger partial charge >= 0.3 is 6.18 Å². The Labute approximate surface area is 208 Å². The van der Waals surface area contributed by atoms with E-state index in [1.165, 1.54) is 11.2 Å². The highest BCUT2D eigenvalue weighted by Gasteiger charge is 2.40. The number of nitrogens with one attached hydrogen (secondary N) is 1. The van der Waals surface area contributed by atoms with Crippen LogP contribution in [-0.4, -0.2) is 77.6 Å². The molecule has 2 fully saturated rings. The van der Waals surface area contributed by atoms with E-state index in [1.54, 1.807) is 6.20 Å². The molecule has 13 heteroatoms. The zero-order valence-corrected chi connectivity index (χ0v) is 19.5. The first-order valence-corrected chi connectivity index (χ1v) is 11.9. The van der Waals surface area contributed by atoms with Crippen LogP contribution in [0.2, 0.25) is 0 Å². The van der Waals surface area contributed by atoms with Crippen LogP contribution in [0.3, 0.4) is 0 Å². The molecule has 0 aromatic carbocycles. The SMILES string of the molecule is O=C(c1ccnc(C(F)(F)F)c1F)N1CCC(N2CC(n3cc(-c4ncnc5[nH]ccc45)cn3)C2)CC1. The van der Waals surface area contributed by atoms with Gasteiger partial charge in [0.25, 0.3) is 5.91 Å². The van der Waals surface area contributed by atoms with Crippen LogP contribution in [-0.2, 0) is 6.18 Å². The van der Waals surface area contributed by atoms with Gasteiger partial charge in [0.05, 0.1) is 23.5 Å². The van der Waals surface area contributed by atoms with E-state index >= 15 is 0 Å². The molecule has 1 amide bonds. The van der Waals surface area contributed by atoms with Crippen LogP contribution in [0.1, 0.15) is 34.9 Å². The molecule has 37 heavy (non-hydrogen) atoms. The number of rotatable bonds is 4. The Balaban J connectivity index is 1.05. The van der Waals surface area contributed by atoms with Crippen molar-refractivity contribution in [2.45, 2.75) is 31.1 Å². The summed E-state index contributed by atoms with van der Waals surface area (Å²) in [6.07, 6.45) is 4.30. The molecule has 2 aliphatic heterocycles. The molecular formula is C24H22F4N8O. The Hall–Kier alpha value is -3.87. The largest absolute Gasteiger partial charge is 0.436 e. The van der Waals surface area contributed by atoms with Gasteiger partial charge in [-0.15, -0.1) is 0 Å². The molecule has 0 atom stereocenters. The number of piperidine rings is 1. The minimum absolute atomic E-state index is 0.212. The normalized spacial score (nSPS) is 17.9. The van der Waals surface area contributed by atoms with Crippen LogP contribution in [0, 0.1) is 5.82 Å². The van der Waals surface area contributed by atoms with Gasteiger partial charge in [-0.1, -0.05) is 0 Å². The van der Waals surface area contributed by atoms with Gasteiger partial charge in [-0.2, -0.15) is 18.3 Å². The van der Waals surface area contributed by atoms with E-state index in [0.717, 1.165) is 47.6 Å². The lowest BCUT2D eigenvalue weighted by atomic mass is 9.97. The van der Waals surface area contributed by atoms with Crippen LogP contribution in [0.5, 0.6) is 0 Å². The lowest BCUT2D eigenvalue weighted by molar-refractivity contribution is -0.143. The zero-order chi connectivity index (χ0) is 25.7. The summed E-state index contributed by atoms with van der Waals surface area (Å²) >= 11 is 0. The third kappa shape index (κ3) is 4.22. The Bertz CT molecular complexity index is 1450. The first kappa shape index (κ1) is 23.5. The van der Waals surface area contributed by atoms with Gasteiger partial charge in [-0.3, -0.25) is 14.4 Å². The predicted octanol–water partition coefficient (Wildman–Crippen LogP) is 3.54. The first-order chi connectivity index (χ1) is 17.8. The Morgan fingerprint density at radius 1 is 1.05 bits per heavy atom. The summed E-state index contributed by atoms with van der Waals surface area (Å²) in [5, 5.41) is 5.46. The summed E-state index contributed by atoms with van der Waals surface area (Å²) < 4.78 is 55.2. The number of hydrogen-bond donors (Lipinski definition) is 1. The fourth-order valence-electron chi connectivity index (χ4n) is 5.13. The van der Waals surface area contributed by atoms with Crippen LogP contribution in [0.4, 0.5) is 17.6 Å². The number of aromatic amines is 1. The van der Waals surface area contributed by atoms with Gasteiger partial charge in [0.2, 0.25) is 0 Å². The van der Waals surface area contributed by atoms with Gasteiger partial charge in [0.1, 0.15) is 12.0 Å². The predicted molar refractivity (Wildman–Crippen MR) is 124 cm³/mol. The number of fused-ring (bicyclic) bond motifs is 1. The number of hydrogen-bond acceptors (Lipinski definition) is 6. The molecule has 4 aromatic heterocycles. The zero-order valence-electron chi connectivity index (χ0n) is 19.5. The summed E-state index contributed by atoms with van der Waals surface area (Å²) in [7, 11) is 0. The Morgan fingerprint density at radius 2 is 1.84 bits per heavy atom. The molecule has 9 nitrogen and oxygen atoms in total. The second-order valence-corrected chi connectivity index (χ2v) is 9.32. The first-order valence-electron chi connectivity index (χ1n) is 11.9. The number of halogens is 4. The Kier molecular flexibility index (Phi) is 5.66. The fourth-order valence-corrected chi connectivity index (χ4v) is 5.13. The lowest BCUT2D eigenvalue weighted by Crippen LogP contribution is -2.56. The van der Waals surface area contributed by atoms with Crippen molar-refractivity contribution < 1.29 is 22.4 Å². The third-order valence-corrected chi connectivity index (χ3v) is 7.15. The standard InChI is InChI=1S/C24H22F4N8O/c25-19-17(1-5-29-21(19)24(26,27)28)23(37)34-7-3-15(4-8-34)35-11-16(12-35)36-10-14(9-33-36)20-18-2-6-30-22(18)32-13-31-20/h1-2,5-6,9-10,13,15-16H,3-4,7-8,11-12H2,(H,30,31,32). The van der Waals surface area contributed by atoms with E-state index < -0.39 is 29.2 Å². The molecule has 2 aliphatic rings. The van der Waals surface area contributed by atoms with Crippen molar-refractivity contribution in [3.63, 3.8) is 0 Å². The van der Waals surface area contributed by atoms with Crippen molar-refractivity contribution in [1.82, 2.24) is 39.5 Å². The molecule has 4 aromatic rings. The summed E-state index contributed by atoms with van der Waals surface area (Å²) in [5.41, 5.74) is 0.233. The molecule has 0 bridgehead atoms. The van der Waals surface area contributed by atoms with Crippen molar-refractivity contribution in [3.8, 4) is 11.3 Å². The number of pyridine rings is 1. The number of aromatic nitrogens is 6. The van der Waals surface area contributed by atoms with Crippen molar-refractivity contribution in [1.29, 1.82) is 0 Å². The van der Waals surface area contributed by atoms with Gasteiger partial charge < -0.3 is 9.88 Å². The fraction of sp³-hybridized carbons (Fsp3) is 0.375.